The summed E-state index contributed by atoms with van der Waals surface area (Å²) in [5.74, 6) is -0.947. The molecule has 0 saturated heterocycles. The zero-order valence-electron chi connectivity index (χ0n) is 8.81. The predicted octanol–water partition coefficient (Wildman–Crippen LogP) is 2.72. The van der Waals surface area contributed by atoms with Gasteiger partial charge in [0.05, 0.1) is 5.69 Å². The van der Waals surface area contributed by atoms with Gasteiger partial charge in [-0.3, -0.25) is 0 Å². The van der Waals surface area contributed by atoms with Crippen molar-refractivity contribution in [3.8, 4) is 0 Å². The van der Waals surface area contributed by atoms with Crippen molar-refractivity contribution in [2.45, 2.75) is 25.8 Å². The smallest absolute Gasteiger partial charge is 0.171 e. The van der Waals surface area contributed by atoms with E-state index in [4.69, 9.17) is 12.2 Å². The van der Waals surface area contributed by atoms with E-state index in [-0.39, 0.29) is 11.3 Å². The number of hydrogen-bond acceptors (Lipinski definition) is 1. The third-order valence-electron chi connectivity index (χ3n) is 2.41. The highest BCUT2D eigenvalue weighted by molar-refractivity contribution is 7.80. The number of nitrogens with one attached hydrogen (secondary N) is 2. The van der Waals surface area contributed by atoms with Crippen LogP contribution in [0.1, 0.15) is 18.4 Å². The summed E-state index contributed by atoms with van der Waals surface area (Å²) >= 11 is 4.98. The average molecular weight is 242 g/mol. The lowest BCUT2D eigenvalue weighted by Gasteiger charge is -2.11. The van der Waals surface area contributed by atoms with Gasteiger partial charge in [-0.25, -0.2) is 8.78 Å². The molecule has 0 atom stereocenters. The van der Waals surface area contributed by atoms with Crippen molar-refractivity contribution in [2.75, 3.05) is 5.32 Å². The number of hydrogen-bond donors (Lipinski definition) is 2. The molecule has 86 valence electrons. The van der Waals surface area contributed by atoms with E-state index >= 15 is 0 Å². The molecule has 1 saturated carbocycles. The normalized spacial score (nSPS) is 14.7. The van der Waals surface area contributed by atoms with Gasteiger partial charge in [-0.2, -0.15) is 0 Å². The Morgan fingerprint density at radius 3 is 2.62 bits per heavy atom. The fourth-order valence-corrected chi connectivity index (χ4v) is 1.59. The van der Waals surface area contributed by atoms with Crippen LogP contribution in [0.15, 0.2) is 12.1 Å². The fraction of sp³-hybridized carbons (Fsp3) is 0.364. The minimum atomic E-state index is -0.501. The highest BCUT2D eigenvalue weighted by atomic mass is 32.1. The van der Waals surface area contributed by atoms with Gasteiger partial charge < -0.3 is 10.6 Å². The monoisotopic (exact) mass is 242 g/mol. The Morgan fingerprint density at radius 1 is 1.31 bits per heavy atom. The molecule has 5 heteroatoms. The van der Waals surface area contributed by atoms with Gasteiger partial charge in [-0.05, 0) is 43.6 Å². The van der Waals surface area contributed by atoms with Gasteiger partial charge in [-0.15, -0.1) is 0 Å². The lowest BCUT2D eigenvalue weighted by molar-refractivity contribution is 0.596. The molecule has 1 aromatic rings. The molecule has 0 bridgehead atoms. The van der Waals surface area contributed by atoms with Crippen molar-refractivity contribution in [3.05, 3.63) is 29.3 Å². The molecule has 0 radical (unpaired) electrons. The molecule has 0 aromatic heterocycles. The van der Waals surface area contributed by atoms with Gasteiger partial charge in [-0.1, -0.05) is 0 Å². The van der Waals surface area contributed by atoms with Crippen LogP contribution in [0.4, 0.5) is 14.5 Å². The Kier molecular flexibility index (Phi) is 3.05. The van der Waals surface area contributed by atoms with Crippen LogP contribution >= 0.6 is 12.2 Å². The number of benzene rings is 1. The molecule has 2 rings (SSSR count). The number of rotatable bonds is 2. The topological polar surface area (TPSA) is 24.1 Å². The first kappa shape index (κ1) is 11.3. The summed E-state index contributed by atoms with van der Waals surface area (Å²) in [5.41, 5.74) is 0.352. The predicted molar refractivity (Wildman–Crippen MR) is 63.5 cm³/mol. The molecule has 1 aromatic carbocycles. The number of thiocarbonyl (C=S) groups is 1. The van der Waals surface area contributed by atoms with Crippen LogP contribution in [0, 0.1) is 18.6 Å². The zero-order valence-corrected chi connectivity index (χ0v) is 9.63. The Balaban J connectivity index is 2.07. The second kappa shape index (κ2) is 4.33. The van der Waals surface area contributed by atoms with Gasteiger partial charge in [0.2, 0.25) is 0 Å². The minimum Gasteiger partial charge on any atom is -0.360 e. The Bertz CT molecular complexity index is 430. The molecule has 0 amide bonds. The second-order valence-corrected chi connectivity index (χ2v) is 4.36. The Morgan fingerprint density at radius 2 is 2.00 bits per heavy atom. The summed E-state index contributed by atoms with van der Waals surface area (Å²) in [6.07, 6.45) is 2.15. The van der Waals surface area contributed by atoms with Gasteiger partial charge in [0, 0.05) is 12.1 Å². The molecule has 0 spiro atoms. The highest BCUT2D eigenvalue weighted by Crippen LogP contribution is 2.21. The first-order valence-electron chi connectivity index (χ1n) is 5.09. The summed E-state index contributed by atoms with van der Waals surface area (Å²) in [7, 11) is 0. The Hall–Kier alpha value is -1.23. The van der Waals surface area contributed by atoms with E-state index in [1.54, 1.807) is 0 Å². The SMILES string of the molecule is Cc1cc(F)c(NC(=S)NC2CC2)cc1F. The minimum absolute atomic E-state index is 0.0706. The summed E-state index contributed by atoms with van der Waals surface area (Å²) in [6, 6.07) is 2.65. The standard InChI is InChI=1S/C11H12F2N2S/c1-6-4-9(13)10(5-8(6)12)15-11(16)14-7-2-3-7/h4-5,7H,2-3H2,1H3,(H2,14,15,16). The maximum atomic E-state index is 13.4. The second-order valence-electron chi connectivity index (χ2n) is 3.95. The third-order valence-corrected chi connectivity index (χ3v) is 2.63. The quantitative estimate of drug-likeness (QED) is 0.780. The van der Waals surface area contributed by atoms with Crippen LogP contribution < -0.4 is 10.6 Å². The molecule has 0 heterocycles. The summed E-state index contributed by atoms with van der Waals surface area (Å²) in [4.78, 5) is 0. The van der Waals surface area contributed by atoms with Gasteiger partial charge in [0.1, 0.15) is 11.6 Å². The van der Waals surface area contributed by atoms with Crippen molar-refractivity contribution >= 4 is 23.0 Å². The summed E-state index contributed by atoms with van der Waals surface area (Å²) < 4.78 is 26.6. The highest BCUT2D eigenvalue weighted by Gasteiger charge is 2.22. The fourth-order valence-electron chi connectivity index (χ4n) is 1.31. The maximum Gasteiger partial charge on any atom is 0.171 e. The molecule has 2 N–H and O–H groups in total. The molecule has 0 aliphatic heterocycles. The number of anilines is 1. The van der Waals surface area contributed by atoms with Crippen LogP contribution in [-0.2, 0) is 0 Å². The molecular formula is C11H12F2N2S. The van der Waals surface area contributed by atoms with Crippen LogP contribution in [0.5, 0.6) is 0 Å². The first-order valence-corrected chi connectivity index (χ1v) is 5.50. The molecule has 1 aliphatic rings. The van der Waals surface area contributed by atoms with Crippen molar-refractivity contribution in [1.29, 1.82) is 0 Å². The molecule has 16 heavy (non-hydrogen) atoms. The van der Waals surface area contributed by atoms with Crippen LogP contribution in [0.3, 0.4) is 0 Å². The van der Waals surface area contributed by atoms with E-state index in [9.17, 15) is 8.78 Å². The van der Waals surface area contributed by atoms with Crippen molar-refractivity contribution in [2.24, 2.45) is 0 Å². The maximum absolute atomic E-state index is 13.4. The van der Waals surface area contributed by atoms with Crippen molar-refractivity contribution in [3.63, 3.8) is 0 Å². The molecule has 0 unspecified atom stereocenters. The van der Waals surface area contributed by atoms with Crippen LogP contribution in [-0.4, -0.2) is 11.2 Å². The third kappa shape index (κ3) is 2.66. The van der Waals surface area contributed by atoms with E-state index in [0.29, 0.717) is 11.2 Å². The lowest BCUT2D eigenvalue weighted by atomic mass is 10.2. The van der Waals surface area contributed by atoms with E-state index < -0.39 is 11.6 Å². The molecular weight excluding hydrogens is 230 g/mol. The van der Waals surface area contributed by atoms with Crippen LogP contribution in [0.25, 0.3) is 0 Å². The van der Waals surface area contributed by atoms with Gasteiger partial charge in [0.15, 0.2) is 5.11 Å². The van der Waals surface area contributed by atoms with Gasteiger partial charge >= 0.3 is 0 Å². The largest absolute Gasteiger partial charge is 0.360 e. The first-order chi connectivity index (χ1) is 7.56. The van der Waals surface area contributed by atoms with Crippen molar-refractivity contribution in [1.82, 2.24) is 5.32 Å². The lowest BCUT2D eigenvalue weighted by Crippen LogP contribution is -2.30. The number of halogens is 2. The van der Waals surface area contributed by atoms with E-state index in [1.165, 1.54) is 6.92 Å². The van der Waals surface area contributed by atoms with E-state index in [2.05, 4.69) is 10.6 Å². The Labute approximate surface area is 98.0 Å². The molecule has 2 nitrogen and oxygen atoms in total. The van der Waals surface area contributed by atoms with Crippen molar-refractivity contribution < 1.29 is 8.78 Å². The summed E-state index contributed by atoms with van der Waals surface area (Å²) in [5, 5.41) is 5.99. The zero-order chi connectivity index (χ0) is 11.7. The average Bonchev–Trinajstić information content (AvgIpc) is 2.98. The molecule has 1 fully saturated rings. The molecule has 1 aliphatic carbocycles. The number of aryl methyl sites for hydroxylation is 1. The summed E-state index contributed by atoms with van der Waals surface area (Å²) in [6.45, 7) is 1.52. The van der Waals surface area contributed by atoms with E-state index in [0.717, 1.165) is 25.0 Å². The van der Waals surface area contributed by atoms with Crippen LogP contribution in [0.2, 0.25) is 0 Å². The van der Waals surface area contributed by atoms with E-state index in [1.807, 2.05) is 0 Å². The van der Waals surface area contributed by atoms with Gasteiger partial charge in [0.25, 0.3) is 0 Å².